The number of hydrogen-bond acceptors (Lipinski definition) is 6. The van der Waals surface area contributed by atoms with Gasteiger partial charge in [0, 0.05) is 17.6 Å². The molecule has 7 nitrogen and oxygen atoms in total. The molecule has 2 N–H and O–H groups in total. The summed E-state index contributed by atoms with van der Waals surface area (Å²) >= 11 is 5.83. The quantitative estimate of drug-likeness (QED) is 0.627. The summed E-state index contributed by atoms with van der Waals surface area (Å²) in [5.41, 5.74) is 0.909. The average Bonchev–Trinajstić information content (AvgIpc) is 3.30. The van der Waals surface area contributed by atoms with Gasteiger partial charge in [0.25, 0.3) is 0 Å². The Hall–Kier alpha value is -2.41. The third-order valence-electron chi connectivity index (χ3n) is 3.25. The molecule has 1 aromatic heterocycles. The molecule has 1 aromatic carbocycles. The highest BCUT2D eigenvalue weighted by Gasteiger charge is 2.26. The van der Waals surface area contributed by atoms with Crippen molar-refractivity contribution in [1.29, 1.82) is 0 Å². The molecule has 0 saturated heterocycles. The average molecular weight is 320 g/mol. The summed E-state index contributed by atoms with van der Waals surface area (Å²) in [5, 5.41) is 17.8. The molecule has 2 aromatic rings. The predicted molar refractivity (Wildman–Crippen MR) is 84.1 cm³/mol. The first-order valence-corrected chi connectivity index (χ1v) is 7.26. The second-order valence-corrected chi connectivity index (χ2v) is 5.52. The molecule has 114 valence electrons. The molecule has 0 spiro atoms. The Labute approximate surface area is 131 Å². The molecule has 0 aliphatic heterocycles. The third kappa shape index (κ3) is 3.62. The van der Waals surface area contributed by atoms with E-state index in [1.54, 1.807) is 12.1 Å². The van der Waals surface area contributed by atoms with Crippen molar-refractivity contribution in [3.8, 4) is 0 Å². The summed E-state index contributed by atoms with van der Waals surface area (Å²) in [7, 11) is 0. The van der Waals surface area contributed by atoms with Crippen LogP contribution in [0.4, 0.5) is 17.5 Å². The van der Waals surface area contributed by atoms with Gasteiger partial charge < -0.3 is 10.6 Å². The smallest absolute Gasteiger partial charge is 0.329 e. The number of nitro groups is 1. The minimum atomic E-state index is -0.478. The van der Waals surface area contributed by atoms with Crippen LogP contribution in [-0.2, 0) is 6.54 Å². The van der Waals surface area contributed by atoms with Gasteiger partial charge in [-0.25, -0.2) is 4.98 Å². The van der Waals surface area contributed by atoms with Crippen molar-refractivity contribution in [2.24, 2.45) is 0 Å². The summed E-state index contributed by atoms with van der Waals surface area (Å²) in [5.74, 6) is 0.616. The molecule has 1 heterocycles. The van der Waals surface area contributed by atoms with Gasteiger partial charge in [0.15, 0.2) is 0 Å². The van der Waals surface area contributed by atoms with Crippen LogP contribution in [0.3, 0.4) is 0 Å². The summed E-state index contributed by atoms with van der Waals surface area (Å²) < 4.78 is 0. The van der Waals surface area contributed by atoms with Crippen molar-refractivity contribution in [3.63, 3.8) is 0 Å². The zero-order valence-corrected chi connectivity index (χ0v) is 12.4. The maximum absolute atomic E-state index is 11.0. The minimum Gasteiger partial charge on any atom is -0.361 e. The Morgan fingerprint density at radius 3 is 2.68 bits per heavy atom. The molecular formula is C14H14ClN5O2. The minimum absolute atomic E-state index is 0.107. The molecule has 0 unspecified atom stereocenters. The lowest BCUT2D eigenvalue weighted by atomic mass is 10.2. The summed E-state index contributed by atoms with van der Waals surface area (Å²) in [6, 6.07) is 7.66. The van der Waals surface area contributed by atoms with E-state index in [1.165, 1.54) is 6.20 Å². The van der Waals surface area contributed by atoms with Crippen molar-refractivity contribution < 1.29 is 4.92 Å². The second-order valence-electron chi connectivity index (χ2n) is 5.08. The van der Waals surface area contributed by atoms with Crippen molar-refractivity contribution in [1.82, 2.24) is 9.97 Å². The SMILES string of the molecule is O=[N+]([O-])c1cnc(NCc2ccc(Cl)cc2)nc1NC1CC1. The Kier molecular flexibility index (Phi) is 4.06. The van der Waals surface area contributed by atoms with E-state index in [4.69, 9.17) is 11.6 Å². The van der Waals surface area contributed by atoms with E-state index in [0.29, 0.717) is 17.5 Å². The van der Waals surface area contributed by atoms with Gasteiger partial charge in [0.2, 0.25) is 11.8 Å². The van der Waals surface area contributed by atoms with Crippen LogP contribution < -0.4 is 10.6 Å². The molecule has 1 aliphatic carbocycles. The number of halogens is 1. The molecule has 0 bridgehead atoms. The fourth-order valence-electron chi connectivity index (χ4n) is 1.90. The summed E-state index contributed by atoms with van der Waals surface area (Å²) in [6.07, 6.45) is 3.24. The van der Waals surface area contributed by atoms with Crippen LogP contribution in [0, 0.1) is 10.1 Å². The highest BCUT2D eigenvalue weighted by molar-refractivity contribution is 6.30. The molecular weight excluding hydrogens is 306 g/mol. The van der Waals surface area contributed by atoms with Crippen LogP contribution in [0.1, 0.15) is 18.4 Å². The van der Waals surface area contributed by atoms with Gasteiger partial charge in [0.1, 0.15) is 6.20 Å². The maximum Gasteiger partial charge on any atom is 0.329 e. The van der Waals surface area contributed by atoms with Gasteiger partial charge in [0.05, 0.1) is 4.92 Å². The Morgan fingerprint density at radius 1 is 1.32 bits per heavy atom. The maximum atomic E-state index is 11.0. The number of nitrogens with one attached hydrogen (secondary N) is 2. The number of nitrogens with zero attached hydrogens (tertiary/aromatic N) is 3. The van der Waals surface area contributed by atoms with E-state index in [2.05, 4.69) is 20.6 Å². The van der Waals surface area contributed by atoms with E-state index in [0.717, 1.165) is 18.4 Å². The molecule has 0 amide bonds. The van der Waals surface area contributed by atoms with E-state index < -0.39 is 4.92 Å². The van der Waals surface area contributed by atoms with Crippen LogP contribution in [0.5, 0.6) is 0 Å². The van der Waals surface area contributed by atoms with Gasteiger partial charge >= 0.3 is 5.69 Å². The molecule has 1 fully saturated rings. The highest BCUT2D eigenvalue weighted by atomic mass is 35.5. The molecule has 0 radical (unpaired) electrons. The van der Waals surface area contributed by atoms with Crippen LogP contribution in [0.2, 0.25) is 5.02 Å². The first kappa shape index (κ1) is 14.5. The van der Waals surface area contributed by atoms with E-state index in [1.807, 2.05) is 12.1 Å². The first-order chi connectivity index (χ1) is 10.6. The van der Waals surface area contributed by atoms with E-state index in [9.17, 15) is 10.1 Å². The topological polar surface area (TPSA) is 93.0 Å². The molecule has 3 rings (SSSR count). The number of benzene rings is 1. The fraction of sp³-hybridized carbons (Fsp3) is 0.286. The lowest BCUT2D eigenvalue weighted by molar-refractivity contribution is -0.384. The van der Waals surface area contributed by atoms with Crippen LogP contribution in [0.15, 0.2) is 30.5 Å². The Morgan fingerprint density at radius 2 is 2.05 bits per heavy atom. The Balaban J connectivity index is 1.72. The molecule has 1 aliphatic rings. The van der Waals surface area contributed by atoms with Gasteiger partial charge in [-0.1, -0.05) is 23.7 Å². The zero-order chi connectivity index (χ0) is 15.5. The number of rotatable bonds is 6. The largest absolute Gasteiger partial charge is 0.361 e. The Bertz CT molecular complexity index is 688. The van der Waals surface area contributed by atoms with Gasteiger partial charge in [-0.2, -0.15) is 4.98 Å². The van der Waals surface area contributed by atoms with E-state index in [-0.39, 0.29) is 17.5 Å². The van der Waals surface area contributed by atoms with E-state index >= 15 is 0 Å². The fourth-order valence-corrected chi connectivity index (χ4v) is 2.03. The molecule has 0 atom stereocenters. The molecule has 22 heavy (non-hydrogen) atoms. The zero-order valence-electron chi connectivity index (χ0n) is 11.6. The number of aromatic nitrogens is 2. The van der Waals surface area contributed by atoms with Gasteiger partial charge in [-0.3, -0.25) is 10.1 Å². The van der Waals surface area contributed by atoms with Crippen molar-refractivity contribution >= 4 is 29.1 Å². The van der Waals surface area contributed by atoms with Crippen LogP contribution in [0.25, 0.3) is 0 Å². The van der Waals surface area contributed by atoms with Gasteiger partial charge in [-0.15, -0.1) is 0 Å². The first-order valence-electron chi connectivity index (χ1n) is 6.88. The predicted octanol–water partition coefficient (Wildman–Crippen LogP) is 3.22. The molecule has 8 heteroatoms. The van der Waals surface area contributed by atoms with Crippen LogP contribution in [-0.4, -0.2) is 20.9 Å². The number of hydrogen-bond donors (Lipinski definition) is 2. The number of anilines is 2. The monoisotopic (exact) mass is 319 g/mol. The normalized spacial score (nSPS) is 13.7. The van der Waals surface area contributed by atoms with Crippen molar-refractivity contribution in [2.75, 3.05) is 10.6 Å². The van der Waals surface area contributed by atoms with Gasteiger partial charge in [-0.05, 0) is 30.5 Å². The highest BCUT2D eigenvalue weighted by Crippen LogP contribution is 2.29. The second kappa shape index (κ2) is 6.15. The van der Waals surface area contributed by atoms with Crippen molar-refractivity contribution in [2.45, 2.75) is 25.4 Å². The lowest BCUT2D eigenvalue weighted by Crippen LogP contribution is -2.10. The standard InChI is InChI=1S/C14H14ClN5O2/c15-10-3-1-9(2-4-10)7-16-14-17-8-12(20(21)22)13(19-14)18-11-5-6-11/h1-4,8,11H,5-7H2,(H2,16,17,18,19). The van der Waals surface area contributed by atoms with Crippen molar-refractivity contribution in [3.05, 3.63) is 51.2 Å². The lowest BCUT2D eigenvalue weighted by Gasteiger charge is -2.08. The third-order valence-corrected chi connectivity index (χ3v) is 3.50. The summed E-state index contributed by atoms with van der Waals surface area (Å²) in [6.45, 7) is 0.512. The van der Waals surface area contributed by atoms with Crippen LogP contribution >= 0.6 is 11.6 Å². The molecule has 1 saturated carbocycles. The summed E-state index contributed by atoms with van der Waals surface area (Å²) in [4.78, 5) is 18.7.